The van der Waals surface area contributed by atoms with Gasteiger partial charge in [0.05, 0.1) is 0 Å². The molecule has 0 radical (unpaired) electrons. The number of carbonyl (C=O) groups excluding carboxylic acids is 1. The maximum absolute atomic E-state index is 10.5. The van der Waals surface area contributed by atoms with E-state index in [-0.39, 0.29) is 0 Å². The second-order valence-corrected chi connectivity index (χ2v) is 4.57. The first-order valence-electron chi connectivity index (χ1n) is 5.92. The summed E-state index contributed by atoms with van der Waals surface area (Å²) in [6, 6.07) is 8.03. The molecular formula is C14H18O. The smallest absolute Gasteiger partial charge is 0.150 e. The van der Waals surface area contributed by atoms with Crippen LogP contribution < -0.4 is 0 Å². The van der Waals surface area contributed by atoms with Gasteiger partial charge in [-0.15, -0.1) is 0 Å². The number of aldehydes is 1. The molecule has 0 spiro atoms. The van der Waals surface area contributed by atoms with Gasteiger partial charge in [-0.3, -0.25) is 4.79 Å². The van der Waals surface area contributed by atoms with Gasteiger partial charge >= 0.3 is 0 Å². The Labute approximate surface area is 91.5 Å². The lowest BCUT2D eigenvalue weighted by molar-refractivity contribution is 0.112. The van der Waals surface area contributed by atoms with E-state index in [1.54, 1.807) is 0 Å². The minimum absolute atomic E-state index is 0.780. The number of carbonyl (C=O) groups is 1. The molecule has 0 saturated heterocycles. The van der Waals surface area contributed by atoms with E-state index in [0.717, 1.165) is 17.8 Å². The van der Waals surface area contributed by atoms with Crippen LogP contribution in [0.2, 0.25) is 0 Å². The Morgan fingerprint density at radius 2 is 1.73 bits per heavy atom. The minimum Gasteiger partial charge on any atom is -0.298 e. The standard InChI is InChI=1S/C14H18O/c15-11-14-8-6-13(7-9-14)10-12-4-2-1-3-5-12/h6-9,11-12H,1-5,10H2. The van der Waals surface area contributed by atoms with Crippen molar-refractivity contribution in [1.29, 1.82) is 0 Å². The van der Waals surface area contributed by atoms with E-state index >= 15 is 0 Å². The fourth-order valence-corrected chi connectivity index (χ4v) is 2.46. The van der Waals surface area contributed by atoms with Crippen molar-refractivity contribution in [2.45, 2.75) is 38.5 Å². The van der Waals surface area contributed by atoms with Gasteiger partial charge in [0, 0.05) is 5.56 Å². The van der Waals surface area contributed by atoms with Crippen LogP contribution in [0, 0.1) is 5.92 Å². The quantitative estimate of drug-likeness (QED) is 0.684. The summed E-state index contributed by atoms with van der Waals surface area (Å²) in [5, 5.41) is 0. The third-order valence-electron chi connectivity index (χ3n) is 3.36. The van der Waals surface area contributed by atoms with E-state index in [0.29, 0.717) is 0 Å². The summed E-state index contributed by atoms with van der Waals surface area (Å²) in [7, 11) is 0. The second-order valence-electron chi connectivity index (χ2n) is 4.57. The highest BCUT2D eigenvalue weighted by molar-refractivity contribution is 5.74. The molecule has 2 rings (SSSR count). The molecule has 1 fully saturated rings. The van der Waals surface area contributed by atoms with Gasteiger partial charge in [0.25, 0.3) is 0 Å². The maximum atomic E-state index is 10.5. The monoisotopic (exact) mass is 202 g/mol. The topological polar surface area (TPSA) is 17.1 Å². The third-order valence-corrected chi connectivity index (χ3v) is 3.36. The number of hydrogen-bond acceptors (Lipinski definition) is 1. The zero-order valence-electron chi connectivity index (χ0n) is 9.11. The summed E-state index contributed by atoms with van der Waals surface area (Å²) in [5.41, 5.74) is 2.16. The highest BCUT2D eigenvalue weighted by Gasteiger charge is 2.13. The van der Waals surface area contributed by atoms with Gasteiger partial charge in [-0.2, -0.15) is 0 Å². The molecule has 1 nitrogen and oxygen atoms in total. The van der Waals surface area contributed by atoms with E-state index in [2.05, 4.69) is 12.1 Å². The van der Waals surface area contributed by atoms with Gasteiger partial charge in [0.1, 0.15) is 6.29 Å². The summed E-state index contributed by atoms with van der Waals surface area (Å²) in [6.45, 7) is 0. The molecule has 0 N–H and O–H groups in total. The van der Waals surface area contributed by atoms with Crippen LogP contribution in [0.4, 0.5) is 0 Å². The van der Waals surface area contributed by atoms with E-state index in [1.807, 2.05) is 12.1 Å². The molecule has 80 valence electrons. The largest absolute Gasteiger partial charge is 0.298 e. The average Bonchev–Trinajstić information content (AvgIpc) is 2.31. The normalized spacial score (nSPS) is 17.6. The lowest BCUT2D eigenvalue weighted by atomic mass is 9.85. The highest BCUT2D eigenvalue weighted by atomic mass is 16.1. The molecule has 15 heavy (non-hydrogen) atoms. The van der Waals surface area contributed by atoms with Crippen LogP contribution in [-0.2, 0) is 6.42 Å². The number of hydrogen-bond donors (Lipinski definition) is 0. The Hall–Kier alpha value is -1.11. The van der Waals surface area contributed by atoms with Crippen LogP contribution in [0.15, 0.2) is 24.3 Å². The zero-order chi connectivity index (χ0) is 10.5. The van der Waals surface area contributed by atoms with Crippen LogP contribution in [0.25, 0.3) is 0 Å². The Balaban J connectivity index is 1.94. The van der Waals surface area contributed by atoms with Gasteiger partial charge in [-0.05, 0) is 17.9 Å². The molecule has 1 aromatic carbocycles. The van der Waals surface area contributed by atoms with Gasteiger partial charge < -0.3 is 0 Å². The Kier molecular flexibility index (Phi) is 3.54. The maximum Gasteiger partial charge on any atom is 0.150 e. The minimum atomic E-state index is 0.780. The first-order valence-corrected chi connectivity index (χ1v) is 5.92. The van der Waals surface area contributed by atoms with Gasteiger partial charge in [-0.25, -0.2) is 0 Å². The SMILES string of the molecule is O=Cc1ccc(CC2CCCCC2)cc1. The molecule has 1 saturated carbocycles. The first kappa shape index (κ1) is 10.4. The Morgan fingerprint density at radius 3 is 2.33 bits per heavy atom. The predicted octanol–water partition coefficient (Wildman–Crippen LogP) is 3.62. The van der Waals surface area contributed by atoms with Crippen molar-refractivity contribution >= 4 is 6.29 Å². The van der Waals surface area contributed by atoms with E-state index in [4.69, 9.17) is 0 Å². The molecule has 1 heteroatoms. The summed E-state index contributed by atoms with van der Waals surface area (Å²) in [6.07, 6.45) is 9.09. The van der Waals surface area contributed by atoms with Gasteiger partial charge in [0.15, 0.2) is 0 Å². The van der Waals surface area contributed by atoms with Crippen LogP contribution in [0.1, 0.15) is 48.0 Å². The predicted molar refractivity (Wildman–Crippen MR) is 62.1 cm³/mol. The highest BCUT2D eigenvalue weighted by Crippen LogP contribution is 2.26. The fourth-order valence-electron chi connectivity index (χ4n) is 2.46. The molecule has 0 aliphatic heterocycles. The average molecular weight is 202 g/mol. The third kappa shape index (κ3) is 2.92. The number of benzene rings is 1. The molecule has 1 aliphatic rings. The van der Waals surface area contributed by atoms with Crippen LogP contribution >= 0.6 is 0 Å². The van der Waals surface area contributed by atoms with Gasteiger partial charge in [-0.1, -0.05) is 56.4 Å². The lowest BCUT2D eigenvalue weighted by Crippen LogP contribution is -2.09. The summed E-state index contributed by atoms with van der Waals surface area (Å²) in [4.78, 5) is 10.5. The van der Waals surface area contributed by atoms with Crippen LogP contribution in [0.5, 0.6) is 0 Å². The second kappa shape index (κ2) is 5.11. The summed E-state index contributed by atoms with van der Waals surface area (Å²) < 4.78 is 0. The molecule has 0 atom stereocenters. The summed E-state index contributed by atoms with van der Waals surface area (Å²) in [5.74, 6) is 0.876. The lowest BCUT2D eigenvalue weighted by Gasteiger charge is -2.21. The van der Waals surface area contributed by atoms with Gasteiger partial charge in [0.2, 0.25) is 0 Å². The molecule has 1 aromatic rings. The number of rotatable bonds is 3. The van der Waals surface area contributed by atoms with Crippen molar-refractivity contribution in [3.63, 3.8) is 0 Å². The molecule has 0 bridgehead atoms. The van der Waals surface area contributed by atoms with Crippen LogP contribution in [-0.4, -0.2) is 6.29 Å². The van der Waals surface area contributed by atoms with E-state index in [9.17, 15) is 4.79 Å². The zero-order valence-corrected chi connectivity index (χ0v) is 9.11. The van der Waals surface area contributed by atoms with Crippen molar-refractivity contribution in [1.82, 2.24) is 0 Å². The molecular weight excluding hydrogens is 184 g/mol. The van der Waals surface area contributed by atoms with Crippen molar-refractivity contribution < 1.29 is 4.79 Å². The Morgan fingerprint density at radius 1 is 1.07 bits per heavy atom. The van der Waals surface area contributed by atoms with Crippen molar-refractivity contribution in [2.75, 3.05) is 0 Å². The fraction of sp³-hybridized carbons (Fsp3) is 0.500. The molecule has 0 heterocycles. The molecule has 0 aromatic heterocycles. The van der Waals surface area contributed by atoms with E-state index < -0.39 is 0 Å². The molecule has 1 aliphatic carbocycles. The van der Waals surface area contributed by atoms with Crippen molar-refractivity contribution in [3.8, 4) is 0 Å². The Bertz CT molecular complexity index is 307. The molecule has 0 unspecified atom stereocenters. The first-order chi connectivity index (χ1) is 7.38. The van der Waals surface area contributed by atoms with Crippen molar-refractivity contribution in [3.05, 3.63) is 35.4 Å². The van der Waals surface area contributed by atoms with Crippen molar-refractivity contribution in [2.24, 2.45) is 5.92 Å². The molecule has 0 amide bonds. The summed E-state index contributed by atoms with van der Waals surface area (Å²) >= 11 is 0. The van der Waals surface area contributed by atoms with E-state index in [1.165, 1.54) is 44.1 Å². The van der Waals surface area contributed by atoms with Crippen LogP contribution in [0.3, 0.4) is 0 Å².